The Morgan fingerprint density at radius 1 is 1.04 bits per heavy atom. The Hall–Kier alpha value is -2.49. The molecule has 0 bridgehead atoms. The fourth-order valence-electron chi connectivity index (χ4n) is 3.51. The molecule has 4 nitrogen and oxygen atoms in total. The lowest BCUT2D eigenvalue weighted by Gasteiger charge is -2.17. The maximum Gasteiger partial charge on any atom is 0.409 e. The fraction of sp³-hybridized carbons (Fsp3) is 0.435. The van der Waals surface area contributed by atoms with E-state index in [9.17, 15) is 4.79 Å². The second-order valence-electron chi connectivity index (χ2n) is 7.21. The summed E-state index contributed by atoms with van der Waals surface area (Å²) in [5.74, 6) is 1.63. The Morgan fingerprint density at radius 2 is 1.74 bits per heavy atom. The smallest absolute Gasteiger partial charge is 0.409 e. The van der Waals surface area contributed by atoms with Gasteiger partial charge in [0.05, 0.1) is 6.61 Å². The lowest BCUT2D eigenvalue weighted by molar-refractivity contribution is 0.103. The van der Waals surface area contributed by atoms with Gasteiger partial charge in [-0.25, -0.2) is 4.79 Å². The van der Waals surface area contributed by atoms with Gasteiger partial charge in [-0.1, -0.05) is 55.3 Å². The van der Waals surface area contributed by atoms with E-state index in [2.05, 4.69) is 24.3 Å². The fourth-order valence-corrected chi connectivity index (χ4v) is 3.51. The molecule has 4 heteroatoms. The zero-order valence-electron chi connectivity index (χ0n) is 16.1. The van der Waals surface area contributed by atoms with Crippen molar-refractivity contribution in [2.75, 3.05) is 20.2 Å². The highest BCUT2D eigenvalue weighted by molar-refractivity contribution is 5.67. The van der Waals surface area contributed by atoms with Gasteiger partial charge in [0, 0.05) is 13.6 Å². The quantitative estimate of drug-likeness (QED) is 0.588. The predicted molar refractivity (Wildman–Crippen MR) is 107 cm³/mol. The highest BCUT2D eigenvalue weighted by Gasteiger charge is 2.16. The number of hydrogen-bond acceptors (Lipinski definition) is 3. The largest absolute Gasteiger partial charge is 0.494 e. The summed E-state index contributed by atoms with van der Waals surface area (Å²) < 4.78 is 11.1. The normalized spacial score (nSPS) is 14.1. The number of nitrogens with zero attached hydrogens (tertiary/aromatic N) is 1. The number of carbonyl (C=O) groups is 1. The van der Waals surface area contributed by atoms with Crippen LogP contribution in [0.2, 0.25) is 0 Å². The second kappa shape index (κ2) is 10.0. The summed E-state index contributed by atoms with van der Waals surface area (Å²) in [6.07, 6.45) is 5.79. The molecule has 1 saturated carbocycles. The van der Waals surface area contributed by atoms with Crippen LogP contribution in [-0.2, 0) is 11.3 Å². The molecule has 0 aliphatic heterocycles. The van der Waals surface area contributed by atoms with E-state index in [0.29, 0.717) is 19.8 Å². The Morgan fingerprint density at radius 3 is 2.44 bits per heavy atom. The monoisotopic (exact) mass is 367 g/mol. The van der Waals surface area contributed by atoms with Crippen LogP contribution in [0.5, 0.6) is 5.75 Å². The van der Waals surface area contributed by atoms with Crippen LogP contribution < -0.4 is 4.74 Å². The van der Waals surface area contributed by atoms with Crippen LogP contribution in [0.1, 0.15) is 49.1 Å². The lowest BCUT2D eigenvalue weighted by atomic mass is 9.98. The summed E-state index contributed by atoms with van der Waals surface area (Å²) in [5, 5.41) is 0. The molecule has 27 heavy (non-hydrogen) atoms. The van der Waals surface area contributed by atoms with Crippen molar-refractivity contribution in [1.29, 1.82) is 0 Å². The number of rotatable bonds is 8. The van der Waals surface area contributed by atoms with E-state index in [4.69, 9.17) is 9.47 Å². The topological polar surface area (TPSA) is 38.8 Å². The Labute approximate surface area is 162 Å². The molecule has 0 atom stereocenters. The van der Waals surface area contributed by atoms with Crippen LogP contribution in [0, 0.1) is 0 Å². The summed E-state index contributed by atoms with van der Waals surface area (Å²) in [4.78, 5) is 13.6. The van der Waals surface area contributed by atoms with Crippen LogP contribution in [0.4, 0.5) is 4.79 Å². The van der Waals surface area contributed by atoms with Gasteiger partial charge in [-0.05, 0) is 48.4 Å². The van der Waals surface area contributed by atoms with Crippen LogP contribution in [-0.4, -0.2) is 31.2 Å². The summed E-state index contributed by atoms with van der Waals surface area (Å²) in [6, 6.07) is 18.2. The molecule has 0 radical (unpaired) electrons. The minimum Gasteiger partial charge on any atom is -0.494 e. The van der Waals surface area contributed by atoms with Gasteiger partial charge in [-0.3, -0.25) is 0 Å². The average molecular weight is 367 g/mol. The summed E-state index contributed by atoms with van der Waals surface area (Å²) in [5.41, 5.74) is 2.42. The van der Waals surface area contributed by atoms with E-state index in [1.807, 2.05) is 30.3 Å². The third-order valence-electron chi connectivity index (χ3n) is 5.13. The standard InChI is InChI=1S/C23H29NO3/c1-24(23(25)27-18-19-8-3-2-4-9-19)16-7-17-26-22-14-12-21(13-15-22)20-10-5-6-11-20/h2-4,8-9,12-15,20H,5-7,10-11,16-18H2,1H3. The molecule has 1 fully saturated rings. The van der Waals surface area contributed by atoms with Crippen molar-refractivity contribution >= 4 is 6.09 Å². The van der Waals surface area contributed by atoms with Crippen LogP contribution in [0.15, 0.2) is 54.6 Å². The molecule has 2 aromatic carbocycles. The predicted octanol–water partition coefficient (Wildman–Crippen LogP) is 5.38. The molecule has 0 aromatic heterocycles. The minimum atomic E-state index is -0.306. The zero-order valence-corrected chi connectivity index (χ0v) is 16.1. The third kappa shape index (κ3) is 6.02. The maximum absolute atomic E-state index is 12.0. The molecular weight excluding hydrogens is 338 g/mol. The molecule has 0 N–H and O–H groups in total. The van der Waals surface area contributed by atoms with Crippen molar-refractivity contribution in [3.8, 4) is 5.75 Å². The molecule has 0 unspecified atom stereocenters. The van der Waals surface area contributed by atoms with Gasteiger partial charge in [-0.2, -0.15) is 0 Å². The summed E-state index contributed by atoms with van der Waals surface area (Å²) >= 11 is 0. The van der Waals surface area contributed by atoms with Crippen molar-refractivity contribution in [3.05, 3.63) is 65.7 Å². The van der Waals surface area contributed by atoms with E-state index in [1.54, 1.807) is 11.9 Å². The molecule has 144 valence electrons. The van der Waals surface area contributed by atoms with Crippen molar-refractivity contribution in [2.24, 2.45) is 0 Å². The number of benzene rings is 2. The molecule has 0 heterocycles. The van der Waals surface area contributed by atoms with E-state index < -0.39 is 0 Å². The minimum absolute atomic E-state index is 0.299. The second-order valence-corrected chi connectivity index (χ2v) is 7.21. The SMILES string of the molecule is CN(CCCOc1ccc(C2CCCC2)cc1)C(=O)OCc1ccccc1. The van der Waals surface area contributed by atoms with Crippen LogP contribution in [0.25, 0.3) is 0 Å². The lowest BCUT2D eigenvalue weighted by Crippen LogP contribution is -2.29. The van der Waals surface area contributed by atoms with Crippen molar-refractivity contribution < 1.29 is 14.3 Å². The highest BCUT2D eigenvalue weighted by atomic mass is 16.6. The summed E-state index contributed by atoms with van der Waals surface area (Å²) in [7, 11) is 1.75. The molecule has 0 saturated heterocycles. The zero-order chi connectivity index (χ0) is 18.9. The van der Waals surface area contributed by atoms with Crippen molar-refractivity contribution in [3.63, 3.8) is 0 Å². The number of amides is 1. The van der Waals surface area contributed by atoms with Crippen LogP contribution >= 0.6 is 0 Å². The Bertz CT molecular complexity index is 693. The molecular formula is C23H29NO3. The highest BCUT2D eigenvalue weighted by Crippen LogP contribution is 2.34. The Kier molecular flexibility index (Phi) is 7.14. The molecule has 2 aromatic rings. The van der Waals surface area contributed by atoms with Crippen LogP contribution in [0.3, 0.4) is 0 Å². The first-order valence-electron chi connectivity index (χ1n) is 9.87. The number of carbonyl (C=O) groups excluding carboxylic acids is 1. The van der Waals surface area contributed by atoms with Gasteiger partial charge in [-0.15, -0.1) is 0 Å². The summed E-state index contributed by atoms with van der Waals surface area (Å²) in [6.45, 7) is 1.49. The van der Waals surface area contributed by atoms with E-state index in [0.717, 1.165) is 23.7 Å². The first-order chi connectivity index (χ1) is 13.2. The van der Waals surface area contributed by atoms with E-state index in [-0.39, 0.29) is 6.09 Å². The van der Waals surface area contributed by atoms with Gasteiger partial charge in [0.25, 0.3) is 0 Å². The first kappa shape index (κ1) is 19.3. The number of ether oxygens (including phenoxy) is 2. The molecule has 1 aliphatic rings. The van der Waals surface area contributed by atoms with E-state index in [1.165, 1.54) is 31.2 Å². The molecule has 0 spiro atoms. The van der Waals surface area contributed by atoms with Crippen molar-refractivity contribution in [1.82, 2.24) is 4.90 Å². The van der Waals surface area contributed by atoms with Gasteiger partial charge in [0.1, 0.15) is 12.4 Å². The average Bonchev–Trinajstić information content (AvgIpc) is 3.25. The molecule has 1 aliphatic carbocycles. The van der Waals surface area contributed by atoms with Gasteiger partial charge in [0.2, 0.25) is 0 Å². The van der Waals surface area contributed by atoms with Gasteiger partial charge >= 0.3 is 6.09 Å². The Balaban J connectivity index is 1.32. The molecule has 1 amide bonds. The third-order valence-corrected chi connectivity index (χ3v) is 5.13. The van der Waals surface area contributed by atoms with Gasteiger partial charge < -0.3 is 14.4 Å². The van der Waals surface area contributed by atoms with E-state index >= 15 is 0 Å². The number of hydrogen-bond donors (Lipinski definition) is 0. The first-order valence-corrected chi connectivity index (χ1v) is 9.87. The maximum atomic E-state index is 12.0. The van der Waals surface area contributed by atoms with Crippen molar-refractivity contribution in [2.45, 2.75) is 44.6 Å². The van der Waals surface area contributed by atoms with Gasteiger partial charge in [0.15, 0.2) is 0 Å². The molecule has 3 rings (SSSR count).